The SMILES string of the molecule is O=C1OCCN1c1cccc(CNS(=O)(=O)c2ccccc2-c2ccccc2)c1. The quantitative estimate of drug-likeness (QED) is 0.673. The number of cyclic esters (lactones) is 1. The molecular formula is C22H20N2O4S. The van der Waals surface area contributed by atoms with Gasteiger partial charge in [0.15, 0.2) is 0 Å². The molecule has 7 heteroatoms. The van der Waals surface area contributed by atoms with Crippen molar-refractivity contribution in [2.45, 2.75) is 11.4 Å². The minimum absolute atomic E-state index is 0.113. The smallest absolute Gasteiger partial charge is 0.414 e. The summed E-state index contributed by atoms with van der Waals surface area (Å²) < 4.78 is 33.6. The van der Waals surface area contributed by atoms with Crippen molar-refractivity contribution in [3.05, 3.63) is 84.4 Å². The van der Waals surface area contributed by atoms with Crippen molar-refractivity contribution in [3.63, 3.8) is 0 Å². The first-order valence-corrected chi connectivity index (χ1v) is 10.7. The number of nitrogens with one attached hydrogen (secondary N) is 1. The zero-order chi connectivity index (χ0) is 20.3. The Morgan fingerprint density at radius 3 is 2.45 bits per heavy atom. The molecule has 0 spiro atoms. The third kappa shape index (κ3) is 4.16. The Labute approximate surface area is 169 Å². The van der Waals surface area contributed by atoms with Crippen LogP contribution in [-0.4, -0.2) is 27.7 Å². The van der Waals surface area contributed by atoms with Crippen LogP contribution in [-0.2, 0) is 21.3 Å². The highest BCUT2D eigenvalue weighted by Gasteiger charge is 2.24. The van der Waals surface area contributed by atoms with Crippen LogP contribution in [0.25, 0.3) is 11.1 Å². The Morgan fingerprint density at radius 1 is 0.931 bits per heavy atom. The highest BCUT2D eigenvalue weighted by Crippen LogP contribution is 2.27. The van der Waals surface area contributed by atoms with Crippen molar-refractivity contribution in [1.29, 1.82) is 0 Å². The lowest BCUT2D eigenvalue weighted by Gasteiger charge is -2.15. The predicted molar refractivity (Wildman–Crippen MR) is 111 cm³/mol. The monoisotopic (exact) mass is 408 g/mol. The predicted octanol–water partition coefficient (Wildman–Crippen LogP) is 3.79. The number of carbonyl (C=O) groups excluding carboxylic acids is 1. The van der Waals surface area contributed by atoms with Gasteiger partial charge in [0.1, 0.15) is 6.61 Å². The fraction of sp³-hybridized carbons (Fsp3) is 0.136. The van der Waals surface area contributed by atoms with Crippen LogP contribution in [0.5, 0.6) is 0 Å². The van der Waals surface area contributed by atoms with Gasteiger partial charge in [0.25, 0.3) is 0 Å². The van der Waals surface area contributed by atoms with Crippen LogP contribution in [0.4, 0.5) is 10.5 Å². The second-order valence-electron chi connectivity index (χ2n) is 6.62. The van der Waals surface area contributed by atoms with E-state index in [4.69, 9.17) is 4.74 Å². The van der Waals surface area contributed by atoms with Gasteiger partial charge in [-0.3, -0.25) is 4.90 Å². The number of nitrogens with zero attached hydrogens (tertiary/aromatic N) is 1. The van der Waals surface area contributed by atoms with Crippen LogP contribution < -0.4 is 9.62 Å². The highest BCUT2D eigenvalue weighted by molar-refractivity contribution is 7.89. The molecule has 0 atom stereocenters. The van der Waals surface area contributed by atoms with E-state index in [0.29, 0.717) is 24.4 Å². The summed E-state index contributed by atoms with van der Waals surface area (Å²) in [5, 5.41) is 0. The van der Waals surface area contributed by atoms with E-state index in [1.54, 1.807) is 36.4 Å². The molecule has 0 aliphatic carbocycles. The third-order valence-corrected chi connectivity index (χ3v) is 6.17. The van der Waals surface area contributed by atoms with Crippen molar-refractivity contribution in [3.8, 4) is 11.1 Å². The third-order valence-electron chi connectivity index (χ3n) is 4.71. The second-order valence-corrected chi connectivity index (χ2v) is 8.36. The molecule has 1 fully saturated rings. The van der Waals surface area contributed by atoms with Gasteiger partial charge in [0.2, 0.25) is 10.0 Å². The minimum Gasteiger partial charge on any atom is -0.447 e. The van der Waals surface area contributed by atoms with E-state index in [9.17, 15) is 13.2 Å². The molecule has 0 aromatic heterocycles. The molecular weight excluding hydrogens is 388 g/mol. The molecule has 3 aromatic carbocycles. The lowest BCUT2D eigenvalue weighted by Crippen LogP contribution is -2.25. The van der Waals surface area contributed by atoms with Crippen molar-refractivity contribution in [1.82, 2.24) is 4.72 Å². The van der Waals surface area contributed by atoms with Crippen LogP contribution >= 0.6 is 0 Å². The molecule has 3 aromatic rings. The molecule has 1 heterocycles. The molecule has 1 saturated heterocycles. The summed E-state index contributed by atoms with van der Waals surface area (Å²) in [5.74, 6) is 0. The van der Waals surface area contributed by atoms with Crippen LogP contribution in [0.1, 0.15) is 5.56 Å². The molecule has 0 radical (unpaired) electrons. The first kappa shape index (κ1) is 19.2. The number of carbonyl (C=O) groups is 1. The van der Waals surface area contributed by atoms with Crippen LogP contribution in [0.2, 0.25) is 0 Å². The average molecular weight is 408 g/mol. The first-order chi connectivity index (χ1) is 14.0. The van der Waals surface area contributed by atoms with Crippen LogP contribution in [0.15, 0.2) is 83.8 Å². The molecule has 148 valence electrons. The maximum Gasteiger partial charge on any atom is 0.414 e. The number of sulfonamides is 1. The number of ether oxygens (including phenoxy) is 1. The number of rotatable bonds is 6. The molecule has 1 N–H and O–H groups in total. The molecule has 6 nitrogen and oxygen atoms in total. The molecule has 0 saturated carbocycles. The summed E-state index contributed by atoms with van der Waals surface area (Å²) in [6.07, 6.45) is -0.389. The average Bonchev–Trinajstić information content (AvgIpc) is 3.19. The van der Waals surface area contributed by atoms with Crippen molar-refractivity contribution in [2.75, 3.05) is 18.1 Å². The van der Waals surface area contributed by atoms with Gasteiger partial charge >= 0.3 is 6.09 Å². The van der Waals surface area contributed by atoms with Crippen LogP contribution in [0, 0.1) is 0 Å². The summed E-state index contributed by atoms with van der Waals surface area (Å²) in [7, 11) is -3.74. The molecule has 1 aliphatic heterocycles. The van der Waals surface area contributed by atoms with Gasteiger partial charge in [-0.1, -0.05) is 60.7 Å². The van der Waals surface area contributed by atoms with E-state index in [1.165, 1.54) is 4.90 Å². The maximum absolute atomic E-state index is 13.0. The molecule has 1 aliphatic rings. The summed E-state index contributed by atoms with van der Waals surface area (Å²) in [4.78, 5) is 13.5. The number of amides is 1. The van der Waals surface area contributed by atoms with E-state index in [0.717, 1.165) is 11.1 Å². The van der Waals surface area contributed by atoms with Gasteiger partial charge in [-0.25, -0.2) is 17.9 Å². The largest absolute Gasteiger partial charge is 0.447 e. The zero-order valence-corrected chi connectivity index (χ0v) is 16.4. The lowest BCUT2D eigenvalue weighted by molar-refractivity contribution is 0.181. The van der Waals surface area contributed by atoms with Gasteiger partial charge in [0, 0.05) is 17.8 Å². The van der Waals surface area contributed by atoms with Gasteiger partial charge in [-0.15, -0.1) is 0 Å². The Hall–Kier alpha value is -3.16. The zero-order valence-electron chi connectivity index (χ0n) is 15.6. The first-order valence-electron chi connectivity index (χ1n) is 9.22. The normalized spacial score (nSPS) is 14.1. The molecule has 29 heavy (non-hydrogen) atoms. The van der Waals surface area contributed by atoms with E-state index in [1.807, 2.05) is 42.5 Å². The van der Waals surface area contributed by atoms with Crippen molar-refractivity contribution >= 4 is 21.8 Å². The van der Waals surface area contributed by atoms with Crippen LogP contribution in [0.3, 0.4) is 0 Å². The fourth-order valence-corrected chi connectivity index (χ4v) is 4.52. The van der Waals surface area contributed by atoms with E-state index in [-0.39, 0.29) is 17.5 Å². The van der Waals surface area contributed by atoms with Crippen molar-refractivity contribution in [2.24, 2.45) is 0 Å². The van der Waals surface area contributed by atoms with E-state index < -0.39 is 10.0 Å². The highest BCUT2D eigenvalue weighted by atomic mass is 32.2. The van der Waals surface area contributed by atoms with E-state index >= 15 is 0 Å². The Morgan fingerprint density at radius 2 is 1.69 bits per heavy atom. The summed E-state index contributed by atoms with van der Waals surface area (Å²) in [5.41, 5.74) is 2.93. The lowest BCUT2D eigenvalue weighted by atomic mass is 10.1. The number of hydrogen-bond acceptors (Lipinski definition) is 4. The number of anilines is 1. The molecule has 0 bridgehead atoms. The Balaban J connectivity index is 1.56. The van der Waals surface area contributed by atoms with Gasteiger partial charge < -0.3 is 4.74 Å². The van der Waals surface area contributed by atoms with Gasteiger partial charge in [-0.2, -0.15) is 0 Å². The number of hydrogen-bond donors (Lipinski definition) is 1. The number of benzene rings is 3. The second kappa shape index (κ2) is 8.06. The summed E-state index contributed by atoms with van der Waals surface area (Å²) in [6, 6.07) is 23.5. The summed E-state index contributed by atoms with van der Waals surface area (Å²) >= 11 is 0. The topological polar surface area (TPSA) is 75.7 Å². The Kier molecular flexibility index (Phi) is 5.33. The van der Waals surface area contributed by atoms with Gasteiger partial charge in [-0.05, 0) is 29.3 Å². The molecule has 4 rings (SSSR count). The fourth-order valence-electron chi connectivity index (χ4n) is 3.28. The van der Waals surface area contributed by atoms with Gasteiger partial charge in [0.05, 0.1) is 11.4 Å². The Bertz CT molecular complexity index is 1130. The maximum atomic E-state index is 13.0. The van der Waals surface area contributed by atoms with Crippen molar-refractivity contribution < 1.29 is 17.9 Å². The molecule has 0 unspecified atom stereocenters. The standard InChI is InChI=1S/C22H20N2O4S/c25-22-24(13-14-28-22)19-10-6-7-17(15-19)16-23-29(26,27)21-12-5-4-11-20(21)18-8-2-1-3-9-18/h1-12,15,23H,13-14,16H2. The molecule has 1 amide bonds. The van der Waals surface area contributed by atoms with E-state index in [2.05, 4.69) is 4.72 Å². The summed E-state index contributed by atoms with van der Waals surface area (Å²) in [6.45, 7) is 0.951. The minimum atomic E-state index is -3.74.